The van der Waals surface area contributed by atoms with Crippen LogP contribution in [-0.2, 0) is 0 Å². The largest absolute Gasteiger partial charge is 0.390 e. The summed E-state index contributed by atoms with van der Waals surface area (Å²) in [5.74, 6) is -0.243. The van der Waals surface area contributed by atoms with Gasteiger partial charge in [0.25, 0.3) is 0 Å². The number of rotatable bonds is 1. The SMILES string of the molecule is CC(C)(O)C1CNCC1F. The molecule has 0 spiro atoms. The van der Waals surface area contributed by atoms with Gasteiger partial charge in [-0.3, -0.25) is 0 Å². The molecule has 0 saturated carbocycles. The predicted octanol–water partition coefficient (Wildman–Crippen LogP) is 0.315. The second kappa shape index (κ2) is 2.47. The molecule has 3 heteroatoms. The van der Waals surface area contributed by atoms with E-state index >= 15 is 0 Å². The van der Waals surface area contributed by atoms with E-state index in [2.05, 4.69) is 5.32 Å². The lowest BCUT2D eigenvalue weighted by atomic mass is 9.89. The van der Waals surface area contributed by atoms with Crippen molar-refractivity contribution >= 4 is 0 Å². The van der Waals surface area contributed by atoms with Gasteiger partial charge in [0.05, 0.1) is 5.60 Å². The molecule has 0 aliphatic carbocycles. The maximum Gasteiger partial charge on any atom is 0.119 e. The molecule has 1 rings (SSSR count). The van der Waals surface area contributed by atoms with Crippen molar-refractivity contribution in [2.45, 2.75) is 25.6 Å². The minimum Gasteiger partial charge on any atom is -0.390 e. The fourth-order valence-electron chi connectivity index (χ4n) is 1.34. The highest BCUT2D eigenvalue weighted by molar-refractivity contribution is 4.90. The van der Waals surface area contributed by atoms with Crippen molar-refractivity contribution < 1.29 is 9.50 Å². The second-order valence-corrected chi connectivity index (χ2v) is 3.43. The van der Waals surface area contributed by atoms with Crippen molar-refractivity contribution in [3.63, 3.8) is 0 Å². The van der Waals surface area contributed by atoms with Gasteiger partial charge in [-0.05, 0) is 13.8 Å². The van der Waals surface area contributed by atoms with Gasteiger partial charge >= 0.3 is 0 Å². The van der Waals surface area contributed by atoms with Crippen LogP contribution in [0.3, 0.4) is 0 Å². The molecule has 0 aromatic carbocycles. The van der Waals surface area contributed by atoms with Crippen LogP contribution in [0.2, 0.25) is 0 Å². The first-order valence-corrected chi connectivity index (χ1v) is 3.59. The van der Waals surface area contributed by atoms with Crippen LogP contribution in [0.15, 0.2) is 0 Å². The normalized spacial score (nSPS) is 34.8. The van der Waals surface area contributed by atoms with Crippen LogP contribution in [0.25, 0.3) is 0 Å². The molecule has 1 heterocycles. The smallest absolute Gasteiger partial charge is 0.119 e. The predicted molar refractivity (Wildman–Crippen MR) is 37.6 cm³/mol. The molecule has 1 aliphatic heterocycles. The van der Waals surface area contributed by atoms with Crippen LogP contribution in [0.1, 0.15) is 13.8 Å². The monoisotopic (exact) mass is 147 g/mol. The van der Waals surface area contributed by atoms with Crippen LogP contribution >= 0.6 is 0 Å². The van der Waals surface area contributed by atoms with Crippen LogP contribution in [0, 0.1) is 5.92 Å². The minimum atomic E-state index is -0.889. The molecule has 1 aliphatic rings. The molecule has 1 fully saturated rings. The molecule has 0 aromatic rings. The first-order valence-electron chi connectivity index (χ1n) is 3.59. The van der Waals surface area contributed by atoms with Gasteiger partial charge in [0.2, 0.25) is 0 Å². The third kappa shape index (κ3) is 1.47. The molecule has 0 aromatic heterocycles. The van der Waals surface area contributed by atoms with Crippen molar-refractivity contribution in [2.75, 3.05) is 13.1 Å². The third-order valence-corrected chi connectivity index (χ3v) is 2.05. The van der Waals surface area contributed by atoms with Gasteiger partial charge in [0, 0.05) is 19.0 Å². The Hall–Kier alpha value is -0.150. The van der Waals surface area contributed by atoms with Crippen LogP contribution in [0.5, 0.6) is 0 Å². The zero-order valence-corrected chi connectivity index (χ0v) is 6.39. The fourth-order valence-corrected chi connectivity index (χ4v) is 1.34. The number of hydrogen-bond acceptors (Lipinski definition) is 2. The zero-order chi connectivity index (χ0) is 7.78. The number of halogens is 1. The molecule has 2 nitrogen and oxygen atoms in total. The first-order chi connectivity index (χ1) is 4.52. The maximum absolute atomic E-state index is 12.9. The second-order valence-electron chi connectivity index (χ2n) is 3.43. The van der Waals surface area contributed by atoms with Crippen molar-refractivity contribution in [2.24, 2.45) is 5.92 Å². The van der Waals surface area contributed by atoms with Crippen molar-refractivity contribution in [1.29, 1.82) is 0 Å². The maximum atomic E-state index is 12.9. The summed E-state index contributed by atoms with van der Waals surface area (Å²) in [6, 6.07) is 0. The molecule has 2 N–H and O–H groups in total. The Morgan fingerprint density at radius 1 is 1.50 bits per heavy atom. The molecule has 0 bridgehead atoms. The lowest BCUT2D eigenvalue weighted by Gasteiger charge is -2.25. The van der Waals surface area contributed by atoms with Crippen molar-refractivity contribution in [1.82, 2.24) is 5.32 Å². The number of aliphatic hydroxyl groups is 1. The van der Waals surface area contributed by atoms with Gasteiger partial charge in [-0.1, -0.05) is 0 Å². The summed E-state index contributed by atoms with van der Waals surface area (Å²) in [5.41, 5.74) is -0.886. The molecule has 2 atom stereocenters. The van der Waals surface area contributed by atoms with Gasteiger partial charge < -0.3 is 10.4 Å². The van der Waals surface area contributed by atoms with Crippen molar-refractivity contribution in [3.8, 4) is 0 Å². The molecule has 1 saturated heterocycles. The number of nitrogens with one attached hydrogen (secondary N) is 1. The van der Waals surface area contributed by atoms with E-state index in [-0.39, 0.29) is 5.92 Å². The quantitative estimate of drug-likeness (QED) is 0.559. The summed E-state index contributed by atoms with van der Waals surface area (Å²) in [4.78, 5) is 0. The highest BCUT2D eigenvalue weighted by Gasteiger charge is 2.37. The van der Waals surface area contributed by atoms with Crippen LogP contribution in [-0.4, -0.2) is 30.0 Å². The standard InChI is InChI=1S/C7H14FNO/c1-7(2,10)5-3-9-4-6(5)8/h5-6,9-10H,3-4H2,1-2H3. The van der Waals surface area contributed by atoms with E-state index < -0.39 is 11.8 Å². The van der Waals surface area contributed by atoms with Gasteiger partial charge in [0.1, 0.15) is 6.17 Å². The average Bonchev–Trinajstić information content (AvgIpc) is 2.11. The highest BCUT2D eigenvalue weighted by atomic mass is 19.1. The Bertz CT molecular complexity index is 121. The fraction of sp³-hybridized carbons (Fsp3) is 1.00. The van der Waals surface area contributed by atoms with E-state index in [0.717, 1.165) is 0 Å². The number of alkyl halides is 1. The van der Waals surface area contributed by atoms with E-state index in [1.54, 1.807) is 13.8 Å². The van der Waals surface area contributed by atoms with Crippen LogP contribution in [0.4, 0.5) is 4.39 Å². The molecule has 10 heavy (non-hydrogen) atoms. The lowest BCUT2D eigenvalue weighted by molar-refractivity contribution is -0.000515. The molecular weight excluding hydrogens is 133 g/mol. The van der Waals surface area contributed by atoms with E-state index in [1.807, 2.05) is 0 Å². The summed E-state index contributed by atoms with van der Waals surface area (Å²) in [7, 11) is 0. The molecule has 0 radical (unpaired) electrons. The molecule has 60 valence electrons. The Kier molecular flexibility index (Phi) is 1.97. The Morgan fingerprint density at radius 3 is 2.30 bits per heavy atom. The van der Waals surface area contributed by atoms with Gasteiger partial charge in [-0.15, -0.1) is 0 Å². The van der Waals surface area contributed by atoms with E-state index in [0.29, 0.717) is 13.1 Å². The zero-order valence-electron chi connectivity index (χ0n) is 6.39. The van der Waals surface area contributed by atoms with Crippen LogP contribution < -0.4 is 5.32 Å². The summed E-state index contributed by atoms with van der Waals surface area (Å²) < 4.78 is 12.9. The van der Waals surface area contributed by atoms with Gasteiger partial charge in [-0.2, -0.15) is 0 Å². The minimum absolute atomic E-state index is 0.243. The highest BCUT2D eigenvalue weighted by Crippen LogP contribution is 2.24. The Morgan fingerprint density at radius 2 is 2.10 bits per heavy atom. The summed E-state index contributed by atoms with van der Waals surface area (Å²) >= 11 is 0. The third-order valence-electron chi connectivity index (χ3n) is 2.05. The van der Waals surface area contributed by atoms with E-state index in [9.17, 15) is 9.50 Å². The molecule has 2 unspecified atom stereocenters. The topological polar surface area (TPSA) is 32.3 Å². The first kappa shape index (κ1) is 7.95. The average molecular weight is 147 g/mol. The van der Waals surface area contributed by atoms with E-state index in [4.69, 9.17) is 0 Å². The van der Waals surface area contributed by atoms with Gasteiger partial charge in [-0.25, -0.2) is 4.39 Å². The Labute approximate surface area is 60.4 Å². The molecular formula is C7H14FNO. The summed E-state index contributed by atoms with van der Waals surface area (Å²) in [6.07, 6.45) is -0.889. The van der Waals surface area contributed by atoms with E-state index in [1.165, 1.54) is 0 Å². The summed E-state index contributed by atoms with van der Waals surface area (Å²) in [6.45, 7) is 4.27. The number of hydrogen-bond donors (Lipinski definition) is 2. The molecule has 0 amide bonds. The van der Waals surface area contributed by atoms with Crippen molar-refractivity contribution in [3.05, 3.63) is 0 Å². The Balaban J connectivity index is 2.55. The van der Waals surface area contributed by atoms with Gasteiger partial charge in [0.15, 0.2) is 0 Å². The lowest BCUT2D eigenvalue weighted by Crippen LogP contribution is -2.36. The summed E-state index contributed by atoms with van der Waals surface area (Å²) in [5, 5.41) is 12.3.